The van der Waals surface area contributed by atoms with E-state index in [2.05, 4.69) is 41.8 Å². The first kappa shape index (κ1) is 76.2. The number of nitrogens with one attached hydrogen (secondary N) is 4. The summed E-state index contributed by atoms with van der Waals surface area (Å²) in [5.74, 6) is 4.90. The predicted octanol–water partition coefficient (Wildman–Crippen LogP) is 19.2. The van der Waals surface area contributed by atoms with Crippen molar-refractivity contribution in [3.8, 4) is 57.5 Å². The van der Waals surface area contributed by atoms with E-state index in [9.17, 15) is 9.59 Å². The second-order valence-electron chi connectivity index (χ2n) is 22.0. The summed E-state index contributed by atoms with van der Waals surface area (Å²) < 4.78 is 45.3. The Morgan fingerprint density at radius 3 is 1.43 bits per heavy atom. The van der Waals surface area contributed by atoms with E-state index >= 15 is 0 Å². The highest BCUT2D eigenvalue weighted by molar-refractivity contribution is 9.10. The zero-order chi connectivity index (χ0) is 70.8. The number of carbonyl (C=O) groups is 3. The van der Waals surface area contributed by atoms with Gasteiger partial charge in [-0.2, -0.15) is 0 Å². The second-order valence-corrected chi connectivity index (χ2v) is 24.5. The van der Waals surface area contributed by atoms with Gasteiger partial charge in [0.05, 0.1) is 67.0 Å². The third-order valence-corrected chi connectivity index (χ3v) is 14.3. The first-order valence-corrected chi connectivity index (χ1v) is 31.6. The number of methoxy groups -OCH3 is 2. The van der Waals surface area contributed by atoms with Gasteiger partial charge in [0.2, 0.25) is 0 Å². The zero-order valence-corrected chi connectivity index (χ0v) is 58.5. The Kier molecular flexibility index (Phi) is 29.0. The molecule has 0 aliphatic heterocycles. The maximum atomic E-state index is 12.5. The number of aromatic amines is 1. The number of nitrogens with zero attached hydrogens (tertiary/aromatic N) is 1. The second kappa shape index (κ2) is 36.9. The van der Waals surface area contributed by atoms with Gasteiger partial charge in [-0.25, -0.2) is 19.4 Å². The third-order valence-electron chi connectivity index (χ3n) is 12.3. The molecule has 0 atom stereocenters. The number of carboxylic acids is 1. The number of amides is 2. The van der Waals surface area contributed by atoms with E-state index in [4.69, 9.17) is 116 Å². The largest absolute Gasteiger partial charge is 0.497 e. The lowest BCUT2D eigenvalue weighted by atomic mass is 10.1. The molecule has 1 aromatic heterocycles. The van der Waals surface area contributed by atoms with Crippen LogP contribution in [0.4, 0.5) is 38.0 Å². The lowest BCUT2D eigenvalue weighted by Gasteiger charge is -2.22. The maximum Gasteiger partial charge on any atom is 0.412 e. The van der Waals surface area contributed by atoms with E-state index < -0.39 is 36.0 Å². The number of carbonyl (C=O) groups excluding carboxylic acids is 2. The SMILES string of the molecule is CC(C)(C)OC(=O)Nc1ccc(Cl)c(Oc2ccccc2)c1Br.COc1ccc(CNc2c(NC(=O)OC(C)(C)C)ccc(Cl)c2Oc2ccccc2)c(OC)c1.Nc1ccc(Cl)c(Oc2ccccc2)c1N.O=C(O)CO.OCc1nc2c(Oc3ccccc3)c(Cl)ccc2[nH]1. The number of aromatic nitrogens is 2. The van der Waals surface area contributed by atoms with Crippen LogP contribution in [-0.4, -0.2) is 75.5 Å². The summed E-state index contributed by atoms with van der Waals surface area (Å²) in [5, 5.41) is 34.7. The van der Waals surface area contributed by atoms with Crippen LogP contribution in [0.25, 0.3) is 11.0 Å². The average Bonchev–Trinajstić information content (AvgIpc) is 1.83. The highest BCUT2D eigenvalue weighted by atomic mass is 79.9. The average molecular weight is 1470 g/mol. The van der Waals surface area contributed by atoms with Crippen LogP contribution in [0.3, 0.4) is 0 Å². The van der Waals surface area contributed by atoms with Crippen LogP contribution in [0.5, 0.6) is 57.5 Å². The molecule has 97 heavy (non-hydrogen) atoms. The summed E-state index contributed by atoms with van der Waals surface area (Å²) in [6.45, 7) is 10.2. The molecular formula is C71H72BrCl4N7O14. The number of hydrogen-bond acceptors (Lipinski definition) is 17. The van der Waals surface area contributed by atoms with E-state index in [-0.39, 0.29) is 6.61 Å². The van der Waals surface area contributed by atoms with Crippen molar-refractivity contribution >= 4 is 120 Å². The normalized spacial score (nSPS) is 10.6. The minimum absolute atomic E-state index is 0.156. The number of aliphatic hydroxyl groups is 2. The molecule has 0 saturated heterocycles. The molecule has 21 nitrogen and oxygen atoms in total. The molecule has 0 radical (unpaired) electrons. The molecule has 0 saturated carbocycles. The third kappa shape index (κ3) is 24.4. The molecular weight excluding hydrogens is 1400 g/mol. The summed E-state index contributed by atoms with van der Waals surface area (Å²) in [5.41, 5.74) is 14.8. The molecule has 0 fully saturated rings. The smallest absolute Gasteiger partial charge is 0.412 e. The van der Waals surface area contributed by atoms with E-state index in [1.54, 1.807) is 104 Å². The first-order chi connectivity index (χ1) is 46.2. The number of aliphatic carboxylic acids is 1. The quantitative estimate of drug-likeness (QED) is 0.0383. The summed E-state index contributed by atoms with van der Waals surface area (Å²) >= 11 is 28.3. The van der Waals surface area contributed by atoms with Crippen molar-refractivity contribution < 1.29 is 67.6 Å². The fourth-order valence-corrected chi connectivity index (χ4v) is 9.46. The first-order valence-electron chi connectivity index (χ1n) is 29.3. The molecule has 0 aliphatic rings. The maximum absolute atomic E-state index is 12.5. The monoisotopic (exact) mass is 1470 g/mol. The number of fused-ring (bicyclic) bond motifs is 1. The van der Waals surface area contributed by atoms with Crippen molar-refractivity contribution in [2.24, 2.45) is 0 Å². The highest BCUT2D eigenvalue weighted by Crippen LogP contribution is 2.44. The van der Waals surface area contributed by atoms with Crippen molar-refractivity contribution in [1.29, 1.82) is 0 Å². The summed E-state index contributed by atoms with van der Waals surface area (Å²) in [6, 6.07) is 56.2. The van der Waals surface area contributed by atoms with Gasteiger partial charge in [-0.1, -0.05) is 119 Å². The zero-order valence-electron chi connectivity index (χ0n) is 53.8. The van der Waals surface area contributed by atoms with E-state index in [1.807, 2.05) is 140 Å². The number of benzene rings is 9. The molecule has 0 unspecified atom stereocenters. The van der Waals surface area contributed by atoms with Crippen LogP contribution in [0.2, 0.25) is 20.1 Å². The van der Waals surface area contributed by atoms with Crippen LogP contribution in [-0.2, 0) is 27.4 Å². The minimum Gasteiger partial charge on any atom is -0.497 e. The Hall–Kier alpha value is -9.78. The Balaban J connectivity index is 0.000000207. The number of anilines is 5. The lowest BCUT2D eigenvalue weighted by Crippen LogP contribution is -2.27. The molecule has 2 amide bonds. The van der Waals surface area contributed by atoms with Gasteiger partial charge >= 0.3 is 18.2 Å². The molecule has 0 bridgehead atoms. The molecule has 10 rings (SSSR count). The number of nitrogens with two attached hydrogens (primary N) is 2. The van der Waals surface area contributed by atoms with E-state index in [1.165, 1.54) is 0 Å². The van der Waals surface area contributed by atoms with Gasteiger partial charge < -0.3 is 75.0 Å². The number of H-pyrrole nitrogens is 1. The van der Waals surface area contributed by atoms with Gasteiger partial charge in [0, 0.05) is 18.2 Å². The molecule has 0 aliphatic carbocycles. The molecule has 26 heteroatoms. The molecule has 0 spiro atoms. The van der Waals surface area contributed by atoms with Crippen LogP contribution < -0.4 is 55.8 Å². The van der Waals surface area contributed by atoms with Gasteiger partial charge in [-0.05, 0) is 167 Å². The number of nitrogen functional groups attached to an aromatic ring is 2. The highest BCUT2D eigenvalue weighted by Gasteiger charge is 2.23. The van der Waals surface area contributed by atoms with Gasteiger partial charge in [0.15, 0.2) is 23.0 Å². The molecule has 9 aromatic carbocycles. The fourth-order valence-electron chi connectivity index (χ4n) is 8.03. The standard InChI is InChI=1S/C26H29ClN2O5.C17H17BrClNO3.C14H11ClN2O2.C12H11ClN2O.C2H4O3/c1-26(2,3)34-25(30)29-21-14-13-20(27)24(33-18-9-7-6-8-10-18)23(21)28-16-17-11-12-19(31-4)15-22(17)32-5;1-17(2,3)23-16(21)20-13-10-9-12(19)15(14(13)18)22-11-7-5-4-6-8-11;15-10-6-7-11-13(17-12(8-18)16-11)14(10)19-9-4-2-1-3-5-9;13-9-6-7-10(14)11(15)12(9)16-8-4-2-1-3-5-8;3-1-2(4)5/h6-15,28H,16H2,1-5H3,(H,29,30);4-10H,1-3H3,(H,20,21);1-7,18H,8H2,(H,16,17);1-7H,14-15H2;3H,1H2,(H,4,5). The van der Waals surface area contributed by atoms with Gasteiger partial charge in [-0.15, -0.1) is 0 Å². The van der Waals surface area contributed by atoms with Crippen molar-refractivity contribution in [3.05, 3.63) is 224 Å². The Morgan fingerprint density at radius 2 is 0.959 bits per heavy atom. The topological polar surface area (TPSA) is 303 Å². The van der Waals surface area contributed by atoms with Crippen LogP contribution >= 0.6 is 62.3 Å². The fraction of sp³-hybridized carbons (Fsp3) is 0.183. The minimum atomic E-state index is -1.19. The van der Waals surface area contributed by atoms with Crippen molar-refractivity contribution in [1.82, 2.24) is 9.97 Å². The number of halogens is 5. The van der Waals surface area contributed by atoms with Gasteiger partial charge in [-0.3, -0.25) is 10.6 Å². The van der Waals surface area contributed by atoms with Gasteiger partial charge in [0.25, 0.3) is 0 Å². The van der Waals surface area contributed by atoms with E-state index in [0.717, 1.165) is 11.1 Å². The van der Waals surface area contributed by atoms with Crippen molar-refractivity contribution in [3.63, 3.8) is 0 Å². The van der Waals surface area contributed by atoms with E-state index in [0.29, 0.717) is 128 Å². The summed E-state index contributed by atoms with van der Waals surface area (Å²) in [6.07, 6.45) is -1.14. The van der Waals surface area contributed by atoms with Crippen molar-refractivity contribution in [2.45, 2.75) is 65.9 Å². The lowest BCUT2D eigenvalue weighted by molar-refractivity contribution is -0.140. The molecule has 1 heterocycles. The Morgan fingerprint density at radius 1 is 0.536 bits per heavy atom. The van der Waals surface area contributed by atoms with Crippen LogP contribution in [0.15, 0.2) is 193 Å². The Bertz CT molecular complexity index is 4210. The molecule has 10 aromatic rings. The number of hydrogen-bond donors (Lipinski definition) is 9. The number of para-hydroxylation sites is 4. The number of rotatable bonds is 17. The molecule has 510 valence electrons. The molecule has 11 N–H and O–H groups in total. The van der Waals surface area contributed by atoms with Gasteiger partial charge in [0.1, 0.15) is 75.9 Å². The number of imidazole rings is 1. The predicted molar refractivity (Wildman–Crippen MR) is 385 cm³/mol. The number of carboxylic acid groups (broad SMARTS) is 1. The van der Waals surface area contributed by atoms with Crippen molar-refractivity contribution in [2.75, 3.05) is 48.2 Å². The summed E-state index contributed by atoms with van der Waals surface area (Å²) in [7, 11) is 3.19. The van der Waals surface area contributed by atoms with Crippen LogP contribution in [0, 0.1) is 0 Å². The summed E-state index contributed by atoms with van der Waals surface area (Å²) in [4.78, 5) is 40.8. The van der Waals surface area contributed by atoms with Crippen LogP contribution in [0.1, 0.15) is 52.9 Å². The Labute approximate surface area is 589 Å². The number of ether oxygens (including phenoxy) is 8. The number of aliphatic hydroxyl groups excluding tert-OH is 2.